The van der Waals surface area contributed by atoms with Gasteiger partial charge in [0, 0.05) is 33.7 Å². The first-order valence-corrected chi connectivity index (χ1v) is 6.05. The van der Waals surface area contributed by atoms with E-state index in [4.69, 9.17) is 0 Å². The van der Waals surface area contributed by atoms with Crippen molar-refractivity contribution in [2.45, 2.75) is 26.7 Å². The Morgan fingerprint density at radius 1 is 1.25 bits per heavy atom. The summed E-state index contributed by atoms with van der Waals surface area (Å²) in [7, 11) is 3.92. The van der Waals surface area contributed by atoms with Crippen molar-refractivity contribution in [2.24, 2.45) is 9.98 Å². The fourth-order valence-electron chi connectivity index (χ4n) is 1.83. The van der Waals surface area contributed by atoms with E-state index in [1.165, 1.54) is 37.6 Å². The molecule has 0 N–H and O–H groups in total. The van der Waals surface area contributed by atoms with Crippen LogP contribution in [0.5, 0.6) is 0 Å². The summed E-state index contributed by atoms with van der Waals surface area (Å²) in [5.41, 5.74) is 0. The van der Waals surface area contributed by atoms with Crippen LogP contribution in [-0.4, -0.2) is 61.7 Å². The minimum Gasteiger partial charge on any atom is -0.362 e. The standard InChI is InChI=1S/C7H14N2.C5H10N2/c1-7(8-2)9-5-3-4-6-9;1-5-6-3-4-7(5)2/h3-6H2,1-2H3;3-4H2,1-2H3. The summed E-state index contributed by atoms with van der Waals surface area (Å²) in [5, 5.41) is 0. The molecule has 2 aliphatic rings. The normalized spacial score (nSPS) is 20.8. The average Bonchev–Trinajstić information content (AvgIpc) is 2.92. The maximum Gasteiger partial charge on any atom is 0.0956 e. The molecule has 0 bridgehead atoms. The smallest absolute Gasteiger partial charge is 0.0956 e. The van der Waals surface area contributed by atoms with Gasteiger partial charge in [0.05, 0.1) is 18.2 Å². The van der Waals surface area contributed by atoms with Crippen molar-refractivity contribution in [3.8, 4) is 0 Å². The molecule has 1 fully saturated rings. The Kier molecular flexibility index (Phi) is 5.29. The Labute approximate surface area is 99.1 Å². The summed E-state index contributed by atoms with van der Waals surface area (Å²) in [6.45, 7) is 8.62. The van der Waals surface area contributed by atoms with Crippen LogP contribution in [0.4, 0.5) is 0 Å². The fraction of sp³-hybridized carbons (Fsp3) is 0.833. The van der Waals surface area contributed by atoms with Crippen molar-refractivity contribution < 1.29 is 0 Å². The van der Waals surface area contributed by atoms with E-state index < -0.39 is 0 Å². The van der Waals surface area contributed by atoms with Gasteiger partial charge < -0.3 is 9.80 Å². The van der Waals surface area contributed by atoms with E-state index in [0.717, 1.165) is 13.1 Å². The van der Waals surface area contributed by atoms with E-state index in [1.54, 1.807) is 0 Å². The van der Waals surface area contributed by atoms with Gasteiger partial charge in [-0.05, 0) is 26.7 Å². The molecular formula is C12H24N4. The maximum atomic E-state index is 4.16. The highest BCUT2D eigenvalue weighted by molar-refractivity contribution is 5.80. The Bertz CT molecular complexity index is 264. The van der Waals surface area contributed by atoms with Gasteiger partial charge >= 0.3 is 0 Å². The highest BCUT2D eigenvalue weighted by atomic mass is 15.2. The maximum absolute atomic E-state index is 4.16. The van der Waals surface area contributed by atoms with Gasteiger partial charge in [-0.25, -0.2) is 0 Å². The third kappa shape index (κ3) is 3.83. The lowest BCUT2D eigenvalue weighted by Crippen LogP contribution is -2.24. The molecule has 2 aliphatic heterocycles. The molecular weight excluding hydrogens is 200 g/mol. The number of likely N-dealkylation sites (N-methyl/N-ethyl adjacent to an activating group) is 1. The number of amidine groups is 2. The summed E-state index contributed by atoms with van der Waals surface area (Å²) < 4.78 is 0. The molecule has 0 saturated carbocycles. The van der Waals surface area contributed by atoms with Gasteiger partial charge in [-0.3, -0.25) is 9.98 Å². The molecule has 0 aliphatic carbocycles. The van der Waals surface area contributed by atoms with E-state index in [0.29, 0.717) is 0 Å². The molecule has 4 nitrogen and oxygen atoms in total. The lowest BCUT2D eigenvalue weighted by Gasteiger charge is -2.15. The summed E-state index contributed by atoms with van der Waals surface area (Å²) in [6.07, 6.45) is 2.68. The van der Waals surface area contributed by atoms with Crippen LogP contribution in [0.1, 0.15) is 26.7 Å². The summed E-state index contributed by atoms with van der Waals surface area (Å²) in [5.74, 6) is 2.35. The van der Waals surface area contributed by atoms with Crippen LogP contribution in [0.2, 0.25) is 0 Å². The Hall–Kier alpha value is -1.06. The minimum absolute atomic E-state index is 0.988. The predicted octanol–water partition coefficient (Wildman–Crippen LogP) is 1.48. The molecule has 92 valence electrons. The number of hydrogen-bond acceptors (Lipinski definition) is 3. The summed E-state index contributed by atoms with van der Waals surface area (Å²) >= 11 is 0. The van der Waals surface area contributed by atoms with Crippen LogP contribution in [-0.2, 0) is 0 Å². The molecule has 0 aromatic rings. The number of rotatable bonds is 0. The highest BCUT2D eigenvalue weighted by Gasteiger charge is 2.10. The predicted molar refractivity (Wildman–Crippen MR) is 70.4 cm³/mol. The van der Waals surface area contributed by atoms with E-state index in [-0.39, 0.29) is 0 Å². The van der Waals surface area contributed by atoms with Gasteiger partial charge in [0.2, 0.25) is 0 Å². The number of nitrogens with zero attached hydrogens (tertiary/aromatic N) is 4. The molecule has 0 radical (unpaired) electrons. The van der Waals surface area contributed by atoms with E-state index >= 15 is 0 Å². The van der Waals surface area contributed by atoms with Crippen molar-refractivity contribution in [3.05, 3.63) is 0 Å². The van der Waals surface area contributed by atoms with Crippen molar-refractivity contribution in [2.75, 3.05) is 40.3 Å². The molecule has 4 heteroatoms. The van der Waals surface area contributed by atoms with Gasteiger partial charge in [-0.1, -0.05) is 0 Å². The second-order valence-electron chi connectivity index (χ2n) is 4.32. The summed E-state index contributed by atoms with van der Waals surface area (Å²) in [4.78, 5) is 12.8. The van der Waals surface area contributed by atoms with Gasteiger partial charge in [0.15, 0.2) is 0 Å². The van der Waals surface area contributed by atoms with Gasteiger partial charge in [-0.15, -0.1) is 0 Å². The van der Waals surface area contributed by atoms with Gasteiger partial charge in [0.1, 0.15) is 0 Å². The van der Waals surface area contributed by atoms with Crippen LogP contribution in [0.3, 0.4) is 0 Å². The van der Waals surface area contributed by atoms with Crippen LogP contribution >= 0.6 is 0 Å². The zero-order valence-electron chi connectivity index (χ0n) is 11.0. The molecule has 2 rings (SSSR count). The monoisotopic (exact) mass is 224 g/mol. The zero-order chi connectivity index (χ0) is 12.0. The molecule has 0 atom stereocenters. The van der Waals surface area contributed by atoms with Crippen LogP contribution in [0.15, 0.2) is 9.98 Å². The number of aliphatic imine (C=N–C) groups is 2. The summed E-state index contributed by atoms with van der Waals surface area (Å²) in [6, 6.07) is 0. The van der Waals surface area contributed by atoms with Crippen molar-refractivity contribution >= 4 is 11.7 Å². The first-order chi connectivity index (χ1) is 7.65. The first kappa shape index (κ1) is 13.0. The molecule has 0 unspecified atom stereocenters. The Morgan fingerprint density at radius 3 is 2.19 bits per heavy atom. The third-order valence-corrected chi connectivity index (χ3v) is 3.22. The highest BCUT2D eigenvalue weighted by Crippen LogP contribution is 2.07. The number of hydrogen-bond donors (Lipinski definition) is 0. The van der Waals surface area contributed by atoms with Crippen LogP contribution in [0.25, 0.3) is 0 Å². The van der Waals surface area contributed by atoms with Crippen LogP contribution < -0.4 is 0 Å². The number of likely N-dealkylation sites (tertiary alicyclic amines) is 1. The molecule has 0 spiro atoms. The second kappa shape index (κ2) is 6.51. The molecule has 0 aromatic heterocycles. The van der Waals surface area contributed by atoms with Crippen molar-refractivity contribution in [1.82, 2.24) is 9.80 Å². The Morgan fingerprint density at radius 2 is 1.88 bits per heavy atom. The van der Waals surface area contributed by atoms with Gasteiger partial charge in [-0.2, -0.15) is 0 Å². The van der Waals surface area contributed by atoms with E-state index in [1.807, 2.05) is 14.0 Å². The van der Waals surface area contributed by atoms with E-state index in [2.05, 4.69) is 33.8 Å². The molecule has 2 heterocycles. The fourth-order valence-corrected chi connectivity index (χ4v) is 1.83. The second-order valence-corrected chi connectivity index (χ2v) is 4.32. The first-order valence-electron chi connectivity index (χ1n) is 6.05. The van der Waals surface area contributed by atoms with Crippen LogP contribution in [0, 0.1) is 0 Å². The lowest BCUT2D eigenvalue weighted by molar-refractivity contribution is 0.515. The topological polar surface area (TPSA) is 31.2 Å². The zero-order valence-corrected chi connectivity index (χ0v) is 11.0. The largest absolute Gasteiger partial charge is 0.362 e. The van der Waals surface area contributed by atoms with E-state index in [9.17, 15) is 0 Å². The van der Waals surface area contributed by atoms with Crippen molar-refractivity contribution in [3.63, 3.8) is 0 Å². The molecule has 1 saturated heterocycles. The minimum atomic E-state index is 0.988. The molecule has 16 heavy (non-hydrogen) atoms. The van der Waals surface area contributed by atoms with Gasteiger partial charge in [0.25, 0.3) is 0 Å². The third-order valence-electron chi connectivity index (χ3n) is 3.22. The lowest BCUT2D eigenvalue weighted by atomic mass is 10.4. The Balaban J connectivity index is 0.000000165. The molecule has 0 amide bonds. The average molecular weight is 224 g/mol. The quantitative estimate of drug-likeness (QED) is 0.461. The SMILES string of the molecule is CC1=NCCN1C.CN=C(C)N1CCCC1. The molecule has 0 aromatic carbocycles. The van der Waals surface area contributed by atoms with Crippen molar-refractivity contribution in [1.29, 1.82) is 0 Å².